The van der Waals surface area contributed by atoms with E-state index in [2.05, 4.69) is 5.32 Å². The number of ether oxygens (including phenoxy) is 2. The van der Waals surface area contributed by atoms with E-state index in [1.807, 2.05) is 0 Å². The highest BCUT2D eigenvalue weighted by atomic mass is 35.5. The smallest absolute Gasteiger partial charge is 0.407 e. The van der Waals surface area contributed by atoms with Crippen LogP contribution in [0.2, 0.25) is 10.0 Å². The first-order valence-corrected chi connectivity index (χ1v) is 7.74. The molecule has 1 aromatic carbocycles. The lowest BCUT2D eigenvalue weighted by molar-refractivity contribution is 0.0525. The maximum absolute atomic E-state index is 11.4. The molecule has 0 aliphatic carbocycles. The Bertz CT molecular complexity index is 562. The van der Waals surface area contributed by atoms with Gasteiger partial charge in [0.15, 0.2) is 0 Å². The molecule has 0 saturated heterocycles. The quantitative estimate of drug-likeness (QED) is 0.758. The molecule has 0 unspecified atom stereocenters. The predicted molar refractivity (Wildman–Crippen MR) is 89.3 cm³/mol. The first kappa shape index (κ1) is 19.4. The Morgan fingerprint density at radius 3 is 2.26 bits per heavy atom. The standard InChI is InChI=1S/C15H20Cl2N2O4/c1-15(2,3)23-14(21)19-5-4-6-22-9-7-10(16)12(13(18)20)11(17)8-9/h7-8H,4-6H2,1-3H3,(H2,18,20)(H,19,21). The maximum Gasteiger partial charge on any atom is 0.407 e. The third kappa shape index (κ3) is 6.97. The molecule has 1 aromatic rings. The largest absolute Gasteiger partial charge is 0.493 e. The lowest BCUT2D eigenvalue weighted by Crippen LogP contribution is -2.33. The zero-order valence-corrected chi connectivity index (χ0v) is 14.8. The number of carbonyl (C=O) groups is 2. The molecule has 23 heavy (non-hydrogen) atoms. The Balaban J connectivity index is 2.40. The van der Waals surface area contributed by atoms with Gasteiger partial charge in [-0.15, -0.1) is 0 Å². The summed E-state index contributed by atoms with van der Waals surface area (Å²) in [4.78, 5) is 22.6. The van der Waals surface area contributed by atoms with E-state index in [-0.39, 0.29) is 15.6 Å². The number of nitrogens with one attached hydrogen (secondary N) is 1. The number of amides is 2. The Kier molecular flexibility index (Phi) is 6.97. The predicted octanol–water partition coefficient (Wildman–Crippen LogP) is 3.39. The molecule has 8 heteroatoms. The van der Waals surface area contributed by atoms with Crippen LogP contribution in [0.15, 0.2) is 12.1 Å². The van der Waals surface area contributed by atoms with Gasteiger partial charge in [0.1, 0.15) is 11.4 Å². The fraction of sp³-hybridized carbons (Fsp3) is 0.467. The van der Waals surface area contributed by atoms with E-state index in [0.29, 0.717) is 25.3 Å². The van der Waals surface area contributed by atoms with Crippen molar-refractivity contribution < 1.29 is 19.1 Å². The second kappa shape index (κ2) is 8.26. The fourth-order valence-electron chi connectivity index (χ4n) is 1.64. The van der Waals surface area contributed by atoms with Crippen molar-refractivity contribution in [2.75, 3.05) is 13.2 Å². The van der Waals surface area contributed by atoms with Crippen LogP contribution in [0, 0.1) is 0 Å². The van der Waals surface area contributed by atoms with Gasteiger partial charge < -0.3 is 20.5 Å². The van der Waals surface area contributed by atoms with Gasteiger partial charge in [0, 0.05) is 6.54 Å². The first-order valence-electron chi connectivity index (χ1n) is 6.98. The number of halogens is 2. The topological polar surface area (TPSA) is 90.7 Å². The van der Waals surface area contributed by atoms with Crippen molar-refractivity contribution in [1.82, 2.24) is 5.32 Å². The van der Waals surface area contributed by atoms with E-state index in [4.69, 9.17) is 38.4 Å². The van der Waals surface area contributed by atoms with E-state index in [0.717, 1.165) is 0 Å². The number of nitrogens with two attached hydrogens (primary N) is 1. The Morgan fingerprint density at radius 1 is 1.22 bits per heavy atom. The van der Waals surface area contributed by atoms with Crippen molar-refractivity contribution in [3.8, 4) is 5.75 Å². The molecular weight excluding hydrogens is 343 g/mol. The van der Waals surface area contributed by atoms with Gasteiger partial charge in [0.25, 0.3) is 5.91 Å². The van der Waals surface area contributed by atoms with Gasteiger partial charge in [-0.05, 0) is 39.3 Å². The SMILES string of the molecule is CC(C)(C)OC(=O)NCCCOc1cc(Cl)c(C(N)=O)c(Cl)c1. The van der Waals surface area contributed by atoms with Crippen molar-refractivity contribution in [3.05, 3.63) is 27.7 Å². The highest BCUT2D eigenvalue weighted by molar-refractivity contribution is 6.39. The van der Waals surface area contributed by atoms with E-state index >= 15 is 0 Å². The molecule has 2 amide bonds. The number of carbonyl (C=O) groups excluding carboxylic acids is 2. The van der Waals surface area contributed by atoms with Crippen LogP contribution in [0.3, 0.4) is 0 Å². The number of rotatable bonds is 6. The van der Waals surface area contributed by atoms with Crippen LogP contribution in [0.4, 0.5) is 4.79 Å². The van der Waals surface area contributed by atoms with Crippen LogP contribution in [0.1, 0.15) is 37.6 Å². The van der Waals surface area contributed by atoms with Crippen LogP contribution < -0.4 is 15.8 Å². The van der Waals surface area contributed by atoms with Crippen LogP contribution in [-0.4, -0.2) is 30.8 Å². The van der Waals surface area contributed by atoms with Gasteiger partial charge in [-0.1, -0.05) is 23.2 Å². The van der Waals surface area contributed by atoms with Crippen molar-refractivity contribution in [2.24, 2.45) is 5.73 Å². The number of hydrogen-bond donors (Lipinski definition) is 2. The van der Waals surface area contributed by atoms with Crippen LogP contribution in [-0.2, 0) is 4.74 Å². The minimum Gasteiger partial charge on any atom is -0.493 e. The molecule has 0 fully saturated rings. The Hall–Kier alpha value is -1.66. The molecule has 0 bridgehead atoms. The molecular formula is C15H20Cl2N2O4. The van der Waals surface area contributed by atoms with Gasteiger partial charge in [0.05, 0.1) is 22.2 Å². The van der Waals surface area contributed by atoms with Crippen molar-refractivity contribution in [1.29, 1.82) is 0 Å². The molecule has 0 radical (unpaired) electrons. The van der Waals surface area contributed by atoms with Crippen LogP contribution >= 0.6 is 23.2 Å². The second-order valence-corrected chi connectivity index (χ2v) is 6.57. The van der Waals surface area contributed by atoms with Crippen LogP contribution in [0.25, 0.3) is 0 Å². The zero-order valence-electron chi connectivity index (χ0n) is 13.2. The lowest BCUT2D eigenvalue weighted by atomic mass is 10.2. The molecule has 0 heterocycles. The summed E-state index contributed by atoms with van der Waals surface area (Å²) in [6, 6.07) is 2.93. The summed E-state index contributed by atoms with van der Waals surface area (Å²) in [7, 11) is 0. The number of alkyl carbamates (subject to hydrolysis) is 1. The summed E-state index contributed by atoms with van der Waals surface area (Å²) < 4.78 is 10.6. The molecule has 0 saturated carbocycles. The summed E-state index contributed by atoms with van der Waals surface area (Å²) in [5, 5.41) is 2.88. The summed E-state index contributed by atoms with van der Waals surface area (Å²) in [6.07, 6.45) is 0.0842. The molecule has 0 atom stereocenters. The molecule has 1 rings (SSSR count). The highest BCUT2D eigenvalue weighted by Gasteiger charge is 2.16. The third-order valence-electron chi connectivity index (χ3n) is 2.52. The normalized spacial score (nSPS) is 11.0. The summed E-state index contributed by atoms with van der Waals surface area (Å²) >= 11 is 11.9. The van der Waals surface area contributed by atoms with Gasteiger partial charge in [-0.3, -0.25) is 4.79 Å². The first-order chi connectivity index (χ1) is 10.6. The van der Waals surface area contributed by atoms with E-state index in [1.54, 1.807) is 20.8 Å². The van der Waals surface area contributed by atoms with Gasteiger partial charge in [-0.2, -0.15) is 0 Å². The summed E-state index contributed by atoms with van der Waals surface area (Å²) in [6.45, 7) is 6.10. The molecule has 0 aliphatic rings. The third-order valence-corrected chi connectivity index (χ3v) is 3.12. The highest BCUT2D eigenvalue weighted by Crippen LogP contribution is 2.30. The van der Waals surface area contributed by atoms with Gasteiger partial charge in [0.2, 0.25) is 0 Å². The minimum atomic E-state index is -0.701. The van der Waals surface area contributed by atoms with E-state index in [1.165, 1.54) is 12.1 Å². The molecule has 6 nitrogen and oxygen atoms in total. The van der Waals surface area contributed by atoms with Gasteiger partial charge in [-0.25, -0.2) is 4.79 Å². The molecule has 0 aliphatic heterocycles. The zero-order chi connectivity index (χ0) is 17.6. The number of benzene rings is 1. The van der Waals surface area contributed by atoms with Crippen molar-refractivity contribution >= 4 is 35.2 Å². The van der Waals surface area contributed by atoms with Crippen molar-refractivity contribution in [2.45, 2.75) is 32.8 Å². The Morgan fingerprint density at radius 2 is 1.78 bits per heavy atom. The second-order valence-electron chi connectivity index (χ2n) is 5.76. The Labute approximate surface area is 145 Å². The maximum atomic E-state index is 11.4. The monoisotopic (exact) mass is 362 g/mol. The summed E-state index contributed by atoms with van der Waals surface area (Å²) in [5.41, 5.74) is 4.71. The van der Waals surface area contributed by atoms with E-state index in [9.17, 15) is 9.59 Å². The number of primary amides is 1. The molecule has 3 N–H and O–H groups in total. The molecule has 0 spiro atoms. The minimum absolute atomic E-state index is 0.0623. The lowest BCUT2D eigenvalue weighted by Gasteiger charge is -2.19. The molecule has 0 aromatic heterocycles. The number of hydrogen-bond acceptors (Lipinski definition) is 4. The van der Waals surface area contributed by atoms with Crippen molar-refractivity contribution in [3.63, 3.8) is 0 Å². The van der Waals surface area contributed by atoms with E-state index < -0.39 is 17.6 Å². The van der Waals surface area contributed by atoms with Crippen LogP contribution in [0.5, 0.6) is 5.75 Å². The average Bonchev–Trinajstić information content (AvgIpc) is 2.34. The molecule has 128 valence electrons. The van der Waals surface area contributed by atoms with Gasteiger partial charge >= 0.3 is 6.09 Å². The summed E-state index contributed by atoms with van der Waals surface area (Å²) in [5.74, 6) is -0.282. The average molecular weight is 363 g/mol. The fourth-order valence-corrected chi connectivity index (χ4v) is 2.29.